The van der Waals surface area contributed by atoms with Crippen molar-refractivity contribution in [2.24, 2.45) is 5.84 Å². The van der Waals surface area contributed by atoms with Gasteiger partial charge in [-0.15, -0.1) is 0 Å². The third-order valence-corrected chi connectivity index (χ3v) is 3.16. The van der Waals surface area contributed by atoms with Crippen LogP contribution in [0.15, 0.2) is 18.6 Å². The number of hydrazine groups is 1. The van der Waals surface area contributed by atoms with Gasteiger partial charge < -0.3 is 4.74 Å². The summed E-state index contributed by atoms with van der Waals surface area (Å²) in [6, 6.07) is -0.110. The Morgan fingerprint density at radius 1 is 1.50 bits per heavy atom. The zero-order valence-electron chi connectivity index (χ0n) is 9.52. The van der Waals surface area contributed by atoms with Gasteiger partial charge in [0.15, 0.2) is 0 Å². The second kappa shape index (κ2) is 4.86. The molecule has 0 radical (unpaired) electrons. The van der Waals surface area contributed by atoms with Gasteiger partial charge in [0.1, 0.15) is 0 Å². The molecule has 5 heteroatoms. The first-order valence-corrected chi connectivity index (χ1v) is 5.62. The van der Waals surface area contributed by atoms with E-state index >= 15 is 0 Å². The Morgan fingerprint density at radius 2 is 2.38 bits per heavy atom. The fourth-order valence-corrected chi connectivity index (χ4v) is 2.22. The van der Waals surface area contributed by atoms with Gasteiger partial charge in [-0.05, 0) is 26.2 Å². The summed E-state index contributed by atoms with van der Waals surface area (Å²) in [5, 5.41) is 0. The van der Waals surface area contributed by atoms with E-state index in [9.17, 15) is 0 Å². The van der Waals surface area contributed by atoms with Gasteiger partial charge in [-0.1, -0.05) is 0 Å². The number of hydrogen-bond donors (Lipinski definition) is 2. The number of nitrogens with one attached hydrogen (secondary N) is 1. The normalized spacial score (nSPS) is 27.6. The van der Waals surface area contributed by atoms with Crippen LogP contribution >= 0.6 is 0 Å². The number of nitrogens with zero attached hydrogens (tertiary/aromatic N) is 2. The van der Waals surface area contributed by atoms with Crippen LogP contribution in [0.5, 0.6) is 0 Å². The summed E-state index contributed by atoms with van der Waals surface area (Å²) in [6.07, 6.45) is 8.32. The van der Waals surface area contributed by atoms with E-state index in [1.807, 2.05) is 0 Å². The molecule has 2 atom stereocenters. The number of nitrogens with two attached hydrogens (primary N) is 1. The van der Waals surface area contributed by atoms with E-state index in [-0.39, 0.29) is 11.6 Å². The molecule has 0 spiro atoms. The van der Waals surface area contributed by atoms with E-state index < -0.39 is 0 Å². The van der Waals surface area contributed by atoms with Crippen molar-refractivity contribution < 1.29 is 4.74 Å². The number of ether oxygens (including phenoxy) is 1. The molecule has 0 aromatic carbocycles. The summed E-state index contributed by atoms with van der Waals surface area (Å²) < 4.78 is 5.86. The fraction of sp³-hybridized carbons (Fsp3) is 0.636. The van der Waals surface area contributed by atoms with Gasteiger partial charge in [-0.25, -0.2) is 5.43 Å². The zero-order valence-corrected chi connectivity index (χ0v) is 9.52. The molecule has 0 bridgehead atoms. The van der Waals surface area contributed by atoms with E-state index in [0.29, 0.717) is 0 Å². The van der Waals surface area contributed by atoms with Gasteiger partial charge in [0.2, 0.25) is 0 Å². The van der Waals surface area contributed by atoms with E-state index in [1.165, 1.54) is 0 Å². The summed E-state index contributed by atoms with van der Waals surface area (Å²) in [6.45, 7) is 2.86. The van der Waals surface area contributed by atoms with E-state index in [2.05, 4.69) is 22.3 Å². The average molecular weight is 222 g/mol. The molecule has 1 aromatic rings. The smallest absolute Gasteiger partial charge is 0.0934 e. The van der Waals surface area contributed by atoms with Crippen LogP contribution in [0.4, 0.5) is 0 Å². The Morgan fingerprint density at radius 3 is 2.94 bits per heavy atom. The highest BCUT2D eigenvalue weighted by molar-refractivity contribution is 5.09. The van der Waals surface area contributed by atoms with E-state index in [0.717, 1.165) is 31.6 Å². The number of rotatable bonds is 3. The molecule has 0 aliphatic carbocycles. The van der Waals surface area contributed by atoms with Crippen molar-refractivity contribution in [2.75, 3.05) is 6.61 Å². The van der Waals surface area contributed by atoms with E-state index in [4.69, 9.17) is 10.6 Å². The molecule has 1 fully saturated rings. The van der Waals surface area contributed by atoms with Crippen LogP contribution in [-0.2, 0) is 4.74 Å². The molecule has 1 aliphatic heterocycles. The Bertz CT molecular complexity index is 324. The Balaban J connectivity index is 2.21. The predicted octanol–water partition coefficient (Wildman–Crippen LogP) is 0.940. The van der Waals surface area contributed by atoms with Crippen LogP contribution in [0.3, 0.4) is 0 Å². The highest BCUT2D eigenvalue weighted by Crippen LogP contribution is 2.34. The Kier molecular flexibility index (Phi) is 3.48. The summed E-state index contributed by atoms with van der Waals surface area (Å²) >= 11 is 0. The first-order chi connectivity index (χ1) is 7.76. The molecule has 2 heterocycles. The molecule has 5 nitrogen and oxygen atoms in total. The second-order valence-electron chi connectivity index (χ2n) is 4.35. The van der Waals surface area contributed by atoms with Gasteiger partial charge >= 0.3 is 0 Å². The first-order valence-electron chi connectivity index (χ1n) is 5.62. The maximum Gasteiger partial charge on any atom is 0.0934 e. The molecule has 0 amide bonds. The maximum absolute atomic E-state index is 5.86. The largest absolute Gasteiger partial charge is 0.373 e. The van der Waals surface area contributed by atoms with Crippen molar-refractivity contribution in [1.82, 2.24) is 15.4 Å². The third kappa shape index (κ3) is 2.21. The van der Waals surface area contributed by atoms with Crippen molar-refractivity contribution in [1.29, 1.82) is 0 Å². The quantitative estimate of drug-likeness (QED) is 0.588. The summed E-state index contributed by atoms with van der Waals surface area (Å²) in [5.74, 6) is 5.62. The Labute approximate surface area is 95.4 Å². The molecule has 0 saturated carbocycles. The summed E-state index contributed by atoms with van der Waals surface area (Å²) in [7, 11) is 0. The van der Waals surface area contributed by atoms with Gasteiger partial charge in [-0.3, -0.25) is 15.8 Å². The fourth-order valence-electron chi connectivity index (χ4n) is 2.22. The zero-order chi connectivity index (χ0) is 11.4. The van der Waals surface area contributed by atoms with Crippen molar-refractivity contribution in [2.45, 2.75) is 37.8 Å². The standard InChI is InChI=1S/C11H18N4O/c1-11(4-2-3-7-16-11)10(15-12)9-8-13-5-6-14-9/h5-6,8,10,15H,2-4,7,12H2,1H3. The van der Waals surface area contributed by atoms with Crippen LogP contribution in [0.25, 0.3) is 0 Å². The average Bonchev–Trinajstić information content (AvgIpc) is 2.32. The lowest BCUT2D eigenvalue weighted by Gasteiger charge is -2.39. The minimum Gasteiger partial charge on any atom is -0.373 e. The lowest BCUT2D eigenvalue weighted by atomic mass is 9.87. The Hall–Kier alpha value is -1.04. The van der Waals surface area contributed by atoms with Gasteiger partial charge in [0.25, 0.3) is 0 Å². The van der Waals surface area contributed by atoms with Crippen molar-refractivity contribution in [3.8, 4) is 0 Å². The molecule has 1 aromatic heterocycles. The monoisotopic (exact) mass is 222 g/mol. The maximum atomic E-state index is 5.86. The van der Waals surface area contributed by atoms with Crippen LogP contribution < -0.4 is 11.3 Å². The molecule has 1 saturated heterocycles. The molecule has 16 heavy (non-hydrogen) atoms. The van der Waals surface area contributed by atoms with Gasteiger partial charge in [0, 0.05) is 19.0 Å². The molecule has 3 N–H and O–H groups in total. The van der Waals surface area contributed by atoms with Crippen LogP contribution in [0.1, 0.15) is 37.9 Å². The van der Waals surface area contributed by atoms with Crippen molar-refractivity contribution in [3.05, 3.63) is 24.3 Å². The highest BCUT2D eigenvalue weighted by atomic mass is 16.5. The molecular formula is C11H18N4O. The van der Waals surface area contributed by atoms with Gasteiger partial charge in [0.05, 0.1) is 23.5 Å². The molecule has 1 aliphatic rings. The highest BCUT2D eigenvalue weighted by Gasteiger charge is 2.38. The molecule has 88 valence electrons. The number of aromatic nitrogens is 2. The lowest BCUT2D eigenvalue weighted by molar-refractivity contribution is -0.0907. The summed E-state index contributed by atoms with van der Waals surface area (Å²) in [4.78, 5) is 8.35. The van der Waals surface area contributed by atoms with Crippen molar-refractivity contribution >= 4 is 0 Å². The van der Waals surface area contributed by atoms with Crippen LogP contribution in [0.2, 0.25) is 0 Å². The SMILES string of the molecule is CC1(C(NN)c2cnccn2)CCCCO1. The van der Waals surface area contributed by atoms with Crippen LogP contribution in [0, 0.1) is 0 Å². The number of hydrogen-bond acceptors (Lipinski definition) is 5. The minimum atomic E-state index is -0.289. The molecule has 2 unspecified atom stereocenters. The second-order valence-corrected chi connectivity index (χ2v) is 4.35. The first kappa shape index (κ1) is 11.4. The lowest BCUT2D eigenvalue weighted by Crippen LogP contribution is -2.48. The third-order valence-electron chi connectivity index (χ3n) is 3.16. The minimum absolute atomic E-state index is 0.110. The molecule has 2 rings (SSSR count). The topological polar surface area (TPSA) is 73.1 Å². The summed E-state index contributed by atoms with van der Waals surface area (Å²) in [5.41, 5.74) is 3.34. The van der Waals surface area contributed by atoms with Crippen molar-refractivity contribution in [3.63, 3.8) is 0 Å². The van der Waals surface area contributed by atoms with Crippen LogP contribution in [-0.4, -0.2) is 22.2 Å². The van der Waals surface area contributed by atoms with Gasteiger partial charge in [-0.2, -0.15) is 0 Å². The van der Waals surface area contributed by atoms with E-state index in [1.54, 1.807) is 18.6 Å². The predicted molar refractivity (Wildman–Crippen MR) is 60.3 cm³/mol. The molecular weight excluding hydrogens is 204 g/mol.